The van der Waals surface area contributed by atoms with E-state index >= 15 is 0 Å². The van der Waals surface area contributed by atoms with Crippen LogP contribution in [0.3, 0.4) is 0 Å². The normalized spacial score (nSPS) is 14.5. The van der Waals surface area contributed by atoms with Gasteiger partial charge in [-0.1, -0.05) is 39.0 Å². The van der Waals surface area contributed by atoms with Crippen LogP contribution in [0, 0.1) is 0 Å². The summed E-state index contributed by atoms with van der Waals surface area (Å²) in [6.45, 7) is 8.52. The maximum absolute atomic E-state index is 6.13. The standard InChI is InChI=1S/C18H24N2O/c1-13(19)17(14-7-6-10-20-12-14)21-16-9-5-8-15(11-16)18(2,3)4/h5-13,17H,19H2,1-4H3. The molecule has 0 spiro atoms. The highest BCUT2D eigenvalue weighted by Crippen LogP contribution is 2.29. The van der Waals surface area contributed by atoms with Gasteiger partial charge in [0.05, 0.1) is 0 Å². The molecule has 112 valence electrons. The van der Waals surface area contributed by atoms with E-state index in [4.69, 9.17) is 10.5 Å². The lowest BCUT2D eigenvalue weighted by molar-refractivity contribution is 0.179. The Labute approximate surface area is 127 Å². The lowest BCUT2D eigenvalue weighted by Crippen LogP contribution is -2.29. The van der Waals surface area contributed by atoms with Crippen molar-refractivity contribution >= 4 is 0 Å². The number of nitrogens with zero attached hydrogens (tertiary/aromatic N) is 1. The van der Waals surface area contributed by atoms with Crippen LogP contribution in [0.25, 0.3) is 0 Å². The maximum Gasteiger partial charge on any atom is 0.140 e. The molecule has 0 fully saturated rings. The Morgan fingerprint density at radius 1 is 1.14 bits per heavy atom. The Bertz CT molecular complexity index is 573. The predicted molar refractivity (Wildman–Crippen MR) is 86.4 cm³/mol. The van der Waals surface area contributed by atoms with Gasteiger partial charge in [-0.15, -0.1) is 0 Å². The highest BCUT2D eigenvalue weighted by Gasteiger charge is 2.20. The fraction of sp³-hybridized carbons (Fsp3) is 0.389. The minimum Gasteiger partial charge on any atom is -0.484 e. The molecule has 1 aromatic carbocycles. The highest BCUT2D eigenvalue weighted by molar-refractivity contribution is 5.33. The van der Waals surface area contributed by atoms with Crippen LogP contribution in [0.15, 0.2) is 48.8 Å². The molecule has 0 radical (unpaired) electrons. The van der Waals surface area contributed by atoms with Gasteiger partial charge in [0.2, 0.25) is 0 Å². The molecule has 1 aromatic heterocycles. The van der Waals surface area contributed by atoms with Gasteiger partial charge in [0.25, 0.3) is 0 Å². The van der Waals surface area contributed by atoms with Crippen molar-refractivity contribution in [1.82, 2.24) is 4.98 Å². The molecule has 2 aromatic rings. The van der Waals surface area contributed by atoms with Crippen molar-refractivity contribution < 1.29 is 4.74 Å². The van der Waals surface area contributed by atoms with Crippen LogP contribution in [0.1, 0.15) is 44.9 Å². The van der Waals surface area contributed by atoms with Gasteiger partial charge in [-0.2, -0.15) is 0 Å². The molecule has 1 heterocycles. The van der Waals surface area contributed by atoms with Gasteiger partial charge in [-0.25, -0.2) is 0 Å². The molecular weight excluding hydrogens is 260 g/mol. The smallest absolute Gasteiger partial charge is 0.140 e. The molecule has 0 aliphatic carbocycles. The van der Waals surface area contributed by atoms with E-state index in [1.807, 2.05) is 37.4 Å². The van der Waals surface area contributed by atoms with E-state index < -0.39 is 0 Å². The molecule has 0 amide bonds. The molecule has 2 rings (SSSR count). The van der Waals surface area contributed by atoms with E-state index in [2.05, 4.69) is 37.9 Å². The van der Waals surface area contributed by atoms with Crippen LogP contribution in [0.5, 0.6) is 5.75 Å². The molecule has 0 aliphatic rings. The van der Waals surface area contributed by atoms with Gasteiger partial charge in [0, 0.05) is 24.0 Å². The molecule has 0 saturated carbocycles. The molecule has 21 heavy (non-hydrogen) atoms. The van der Waals surface area contributed by atoms with E-state index in [9.17, 15) is 0 Å². The van der Waals surface area contributed by atoms with Gasteiger partial charge in [-0.05, 0) is 36.1 Å². The van der Waals surface area contributed by atoms with Crippen LogP contribution >= 0.6 is 0 Å². The van der Waals surface area contributed by atoms with E-state index in [0.29, 0.717) is 0 Å². The Morgan fingerprint density at radius 2 is 1.90 bits per heavy atom. The Hall–Kier alpha value is -1.87. The summed E-state index contributed by atoms with van der Waals surface area (Å²) in [6, 6.07) is 12.0. The molecule has 2 atom stereocenters. The SMILES string of the molecule is CC(N)C(Oc1cccc(C(C)(C)C)c1)c1cccnc1. The highest BCUT2D eigenvalue weighted by atomic mass is 16.5. The lowest BCUT2D eigenvalue weighted by atomic mass is 9.87. The summed E-state index contributed by atoms with van der Waals surface area (Å²) in [7, 11) is 0. The van der Waals surface area contributed by atoms with Gasteiger partial charge in [-0.3, -0.25) is 4.98 Å². The summed E-state index contributed by atoms with van der Waals surface area (Å²) >= 11 is 0. The zero-order valence-electron chi connectivity index (χ0n) is 13.2. The third-order valence-corrected chi connectivity index (χ3v) is 3.45. The second-order valence-electron chi connectivity index (χ2n) is 6.46. The quantitative estimate of drug-likeness (QED) is 0.927. The second-order valence-corrected chi connectivity index (χ2v) is 6.46. The van der Waals surface area contributed by atoms with Crippen molar-refractivity contribution in [1.29, 1.82) is 0 Å². The van der Waals surface area contributed by atoms with Gasteiger partial charge >= 0.3 is 0 Å². The fourth-order valence-corrected chi connectivity index (χ4v) is 2.21. The minimum absolute atomic E-state index is 0.0947. The zero-order chi connectivity index (χ0) is 15.5. The summed E-state index contributed by atoms with van der Waals surface area (Å²) in [5.74, 6) is 0.841. The number of ether oxygens (including phenoxy) is 1. The zero-order valence-corrected chi connectivity index (χ0v) is 13.2. The van der Waals surface area contributed by atoms with Gasteiger partial charge in [0.1, 0.15) is 11.9 Å². The number of hydrogen-bond donors (Lipinski definition) is 1. The number of nitrogens with two attached hydrogens (primary N) is 1. The first-order chi connectivity index (χ1) is 9.88. The fourth-order valence-electron chi connectivity index (χ4n) is 2.21. The van der Waals surface area contributed by atoms with Crippen LogP contribution in [0.2, 0.25) is 0 Å². The number of rotatable bonds is 4. The van der Waals surface area contributed by atoms with Crippen molar-refractivity contribution in [2.45, 2.75) is 45.3 Å². The second kappa shape index (κ2) is 6.27. The molecule has 3 nitrogen and oxygen atoms in total. The molecule has 2 unspecified atom stereocenters. The molecule has 2 N–H and O–H groups in total. The average Bonchev–Trinajstić information content (AvgIpc) is 2.45. The topological polar surface area (TPSA) is 48.1 Å². The first-order valence-electron chi connectivity index (χ1n) is 7.30. The Morgan fingerprint density at radius 3 is 2.48 bits per heavy atom. The number of hydrogen-bond acceptors (Lipinski definition) is 3. The van der Waals surface area contributed by atoms with E-state index in [1.54, 1.807) is 6.20 Å². The van der Waals surface area contributed by atoms with Crippen LogP contribution in [-0.2, 0) is 5.41 Å². The lowest BCUT2D eigenvalue weighted by Gasteiger charge is -2.24. The molecular formula is C18H24N2O. The minimum atomic E-state index is -0.200. The van der Waals surface area contributed by atoms with Crippen LogP contribution in [-0.4, -0.2) is 11.0 Å². The van der Waals surface area contributed by atoms with Gasteiger partial charge in [0.15, 0.2) is 0 Å². The number of benzene rings is 1. The van der Waals surface area contributed by atoms with Crippen molar-refractivity contribution in [2.75, 3.05) is 0 Å². The summed E-state index contributed by atoms with van der Waals surface area (Å²) in [4.78, 5) is 4.15. The first kappa shape index (κ1) is 15.5. The summed E-state index contributed by atoms with van der Waals surface area (Å²) < 4.78 is 6.13. The van der Waals surface area contributed by atoms with E-state index in [0.717, 1.165) is 11.3 Å². The van der Waals surface area contributed by atoms with Gasteiger partial charge < -0.3 is 10.5 Å². The largest absolute Gasteiger partial charge is 0.484 e. The summed E-state index contributed by atoms with van der Waals surface area (Å²) in [6.07, 6.45) is 3.36. The van der Waals surface area contributed by atoms with E-state index in [-0.39, 0.29) is 17.6 Å². The molecule has 0 bridgehead atoms. The predicted octanol–water partition coefficient (Wildman–Crippen LogP) is 3.85. The maximum atomic E-state index is 6.13. The van der Waals surface area contributed by atoms with Crippen molar-refractivity contribution in [3.63, 3.8) is 0 Å². The van der Waals surface area contributed by atoms with Crippen molar-refractivity contribution in [3.05, 3.63) is 59.9 Å². The van der Waals surface area contributed by atoms with Crippen molar-refractivity contribution in [3.8, 4) is 5.75 Å². The third-order valence-electron chi connectivity index (χ3n) is 3.45. The molecule has 0 aliphatic heterocycles. The summed E-state index contributed by atoms with van der Waals surface area (Å²) in [5.41, 5.74) is 8.42. The van der Waals surface area contributed by atoms with Crippen LogP contribution in [0.4, 0.5) is 0 Å². The monoisotopic (exact) mass is 284 g/mol. The van der Waals surface area contributed by atoms with E-state index in [1.165, 1.54) is 5.56 Å². The Balaban J connectivity index is 2.26. The number of aromatic nitrogens is 1. The summed E-state index contributed by atoms with van der Waals surface area (Å²) in [5, 5.41) is 0. The average molecular weight is 284 g/mol. The molecule has 3 heteroatoms. The first-order valence-corrected chi connectivity index (χ1v) is 7.30. The third kappa shape index (κ3) is 4.05. The molecule has 0 saturated heterocycles. The Kier molecular flexibility index (Phi) is 4.63. The van der Waals surface area contributed by atoms with Crippen LogP contribution < -0.4 is 10.5 Å². The number of pyridine rings is 1. The van der Waals surface area contributed by atoms with Crippen molar-refractivity contribution in [2.24, 2.45) is 5.73 Å².